The second kappa shape index (κ2) is 7.90. The van der Waals surface area contributed by atoms with Crippen molar-refractivity contribution in [2.75, 3.05) is 26.2 Å². The summed E-state index contributed by atoms with van der Waals surface area (Å²) in [5.74, 6) is -0.581. The number of hydrogen-bond donors (Lipinski definition) is 2. The third-order valence-electron chi connectivity index (χ3n) is 4.99. The molecule has 0 saturated heterocycles. The van der Waals surface area contributed by atoms with Crippen LogP contribution in [0.25, 0.3) is 0 Å². The summed E-state index contributed by atoms with van der Waals surface area (Å²) in [7, 11) is 0. The molecule has 8 heteroatoms. The van der Waals surface area contributed by atoms with Gasteiger partial charge in [0.05, 0.1) is 19.6 Å². The van der Waals surface area contributed by atoms with Gasteiger partial charge >= 0.3 is 12.0 Å². The number of fused-ring (bicyclic) bond motifs is 1. The maximum absolute atomic E-state index is 13.5. The molecule has 2 aliphatic rings. The number of carboxylic acid groups (broad SMARTS) is 1. The summed E-state index contributed by atoms with van der Waals surface area (Å²) in [5, 5.41) is 11.9. The SMILES string of the molecule is CCN(CC(=O)O)C1CC(NC(=O)N2CCOc3ccc(F)cc3C2)C1. The third-order valence-corrected chi connectivity index (χ3v) is 4.99. The Morgan fingerprint density at radius 3 is 2.88 bits per heavy atom. The van der Waals surface area contributed by atoms with E-state index in [0.717, 1.165) is 12.8 Å². The largest absolute Gasteiger partial charge is 0.491 e. The van der Waals surface area contributed by atoms with Crippen LogP contribution in [0, 0.1) is 5.82 Å². The molecule has 1 saturated carbocycles. The summed E-state index contributed by atoms with van der Waals surface area (Å²) >= 11 is 0. The van der Waals surface area contributed by atoms with Gasteiger partial charge in [0.1, 0.15) is 18.2 Å². The molecule has 26 heavy (non-hydrogen) atoms. The fourth-order valence-electron chi connectivity index (χ4n) is 3.48. The molecule has 1 aliphatic heterocycles. The van der Waals surface area contributed by atoms with E-state index in [4.69, 9.17) is 9.84 Å². The predicted molar refractivity (Wildman–Crippen MR) is 92.5 cm³/mol. The lowest BCUT2D eigenvalue weighted by atomic mass is 9.85. The minimum atomic E-state index is -0.838. The number of hydrogen-bond acceptors (Lipinski definition) is 4. The lowest BCUT2D eigenvalue weighted by Crippen LogP contribution is -2.56. The Morgan fingerprint density at radius 1 is 1.42 bits per heavy atom. The van der Waals surface area contributed by atoms with Gasteiger partial charge in [0.15, 0.2) is 0 Å². The molecule has 0 unspecified atom stereocenters. The number of carbonyl (C=O) groups is 2. The molecule has 142 valence electrons. The Labute approximate surface area is 151 Å². The van der Waals surface area contributed by atoms with Crippen molar-refractivity contribution in [3.8, 4) is 5.75 Å². The fraction of sp³-hybridized carbons (Fsp3) is 0.556. The molecule has 0 spiro atoms. The lowest BCUT2D eigenvalue weighted by Gasteiger charge is -2.42. The summed E-state index contributed by atoms with van der Waals surface area (Å²) in [6.07, 6.45) is 1.48. The molecule has 0 radical (unpaired) electrons. The monoisotopic (exact) mass is 365 g/mol. The second-order valence-electron chi connectivity index (χ2n) is 6.75. The van der Waals surface area contributed by atoms with Gasteiger partial charge in [-0.2, -0.15) is 0 Å². The smallest absolute Gasteiger partial charge is 0.318 e. The molecule has 1 aromatic rings. The van der Waals surface area contributed by atoms with Gasteiger partial charge in [0.25, 0.3) is 0 Å². The van der Waals surface area contributed by atoms with Gasteiger partial charge in [0.2, 0.25) is 0 Å². The molecule has 1 fully saturated rings. The zero-order valence-corrected chi connectivity index (χ0v) is 14.8. The van der Waals surface area contributed by atoms with Gasteiger partial charge in [-0.1, -0.05) is 6.92 Å². The summed E-state index contributed by atoms with van der Waals surface area (Å²) < 4.78 is 19.0. The van der Waals surface area contributed by atoms with Crippen LogP contribution in [0.1, 0.15) is 25.3 Å². The van der Waals surface area contributed by atoms with Crippen molar-refractivity contribution < 1.29 is 23.8 Å². The average Bonchev–Trinajstić information content (AvgIpc) is 2.77. The van der Waals surface area contributed by atoms with Crippen LogP contribution in [0.15, 0.2) is 18.2 Å². The average molecular weight is 365 g/mol. The van der Waals surface area contributed by atoms with Crippen LogP contribution in [0.2, 0.25) is 0 Å². The number of benzene rings is 1. The minimum Gasteiger partial charge on any atom is -0.491 e. The number of amides is 2. The molecule has 0 bridgehead atoms. The van der Waals surface area contributed by atoms with Crippen molar-refractivity contribution in [2.45, 2.75) is 38.4 Å². The lowest BCUT2D eigenvalue weighted by molar-refractivity contribution is -0.139. The van der Waals surface area contributed by atoms with Crippen LogP contribution in [0.5, 0.6) is 5.75 Å². The van der Waals surface area contributed by atoms with Crippen LogP contribution < -0.4 is 10.1 Å². The first kappa shape index (κ1) is 18.4. The quantitative estimate of drug-likeness (QED) is 0.829. The first-order valence-corrected chi connectivity index (χ1v) is 8.88. The number of rotatable bonds is 5. The number of nitrogens with one attached hydrogen (secondary N) is 1. The van der Waals surface area contributed by atoms with Gasteiger partial charge in [-0.15, -0.1) is 0 Å². The number of likely N-dealkylation sites (N-methyl/N-ethyl adjacent to an activating group) is 1. The standard InChI is InChI=1S/C18H24FN3O4/c1-2-21(11-17(23)24)15-8-14(9-15)20-18(25)22-5-6-26-16-4-3-13(19)7-12(16)10-22/h3-4,7,14-15H,2,5-6,8-11H2,1H3,(H,20,25)(H,23,24). The highest BCUT2D eigenvalue weighted by molar-refractivity contribution is 5.75. The Kier molecular flexibility index (Phi) is 5.61. The van der Waals surface area contributed by atoms with Crippen molar-refractivity contribution in [3.05, 3.63) is 29.6 Å². The van der Waals surface area contributed by atoms with Crippen LogP contribution in [0.3, 0.4) is 0 Å². The number of ether oxygens (including phenoxy) is 1. The number of urea groups is 1. The van der Waals surface area contributed by atoms with Crippen LogP contribution in [-0.4, -0.2) is 65.2 Å². The minimum absolute atomic E-state index is 0.0215. The molecule has 1 aliphatic carbocycles. The highest BCUT2D eigenvalue weighted by atomic mass is 19.1. The number of carbonyl (C=O) groups excluding carboxylic acids is 1. The second-order valence-corrected chi connectivity index (χ2v) is 6.75. The number of nitrogens with zero attached hydrogens (tertiary/aromatic N) is 2. The van der Waals surface area contributed by atoms with Crippen LogP contribution in [-0.2, 0) is 11.3 Å². The van der Waals surface area contributed by atoms with Crippen LogP contribution in [0.4, 0.5) is 9.18 Å². The molecule has 7 nitrogen and oxygen atoms in total. The highest BCUT2D eigenvalue weighted by Gasteiger charge is 2.35. The van der Waals surface area contributed by atoms with Gasteiger partial charge in [-0.3, -0.25) is 9.69 Å². The van der Waals surface area contributed by atoms with Crippen LogP contribution >= 0.6 is 0 Å². The predicted octanol–water partition coefficient (Wildman–Crippen LogP) is 1.67. The van der Waals surface area contributed by atoms with E-state index < -0.39 is 5.97 Å². The summed E-state index contributed by atoms with van der Waals surface area (Å²) in [4.78, 5) is 26.9. The van der Waals surface area contributed by atoms with Crippen molar-refractivity contribution in [3.63, 3.8) is 0 Å². The van der Waals surface area contributed by atoms with Crippen molar-refractivity contribution >= 4 is 12.0 Å². The molecule has 1 heterocycles. The van der Waals surface area contributed by atoms with E-state index in [1.807, 2.05) is 11.8 Å². The summed E-state index contributed by atoms with van der Waals surface area (Å²) in [5.41, 5.74) is 0.655. The third kappa shape index (κ3) is 4.24. The molecule has 3 rings (SSSR count). The van der Waals surface area contributed by atoms with E-state index in [1.54, 1.807) is 11.0 Å². The normalized spacial score (nSPS) is 22.0. The zero-order chi connectivity index (χ0) is 18.7. The zero-order valence-electron chi connectivity index (χ0n) is 14.8. The summed E-state index contributed by atoms with van der Waals surface area (Å²) in [6.45, 7) is 3.72. The number of carboxylic acids is 1. The van der Waals surface area contributed by atoms with E-state index in [0.29, 0.717) is 37.6 Å². The van der Waals surface area contributed by atoms with Crippen molar-refractivity contribution in [1.29, 1.82) is 0 Å². The van der Waals surface area contributed by atoms with Gasteiger partial charge < -0.3 is 20.1 Å². The molecule has 1 aromatic carbocycles. The Bertz CT molecular complexity index is 678. The van der Waals surface area contributed by atoms with E-state index in [1.165, 1.54) is 12.1 Å². The maximum atomic E-state index is 13.5. The number of aliphatic carboxylic acids is 1. The Hall–Kier alpha value is -2.35. The molecular weight excluding hydrogens is 341 g/mol. The Balaban J connectivity index is 1.52. The molecule has 2 N–H and O–H groups in total. The van der Waals surface area contributed by atoms with E-state index in [-0.39, 0.29) is 30.5 Å². The van der Waals surface area contributed by atoms with Gasteiger partial charge in [0, 0.05) is 17.6 Å². The maximum Gasteiger partial charge on any atom is 0.318 e. The highest BCUT2D eigenvalue weighted by Crippen LogP contribution is 2.27. The van der Waals surface area contributed by atoms with Crippen molar-refractivity contribution in [1.82, 2.24) is 15.1 Å². The first-order chi connectivity index (χ1) is 12.5. The first-order valence-electron chi connectivity index (χ1n) is 8.88. The molecular formula is C18H24FN3O4. The van der Waals surface area contributed by atoms with E-state index in [9.17, 15) is 14.0 Å². The van der Waals surface area contributed by atoms with Gasteiger partial charge in [-0.05, 0) is 37.6 Å². The van der Waals surface area contributed by atoms with Gasteiger partial charge in [-0.25, -0.2) is 9.18 Å². The van der Waals surface area contributed by atoms with Crippen molar-refractivity contribution in [2.24, 2.45) is 0 Å². The molecule has 0 atom stereocenters. The Morgan fingerprint density at radius 2 is 2.19 bits per heavy atom. The molecule has 0 aromatic heterocycles. The van der Waals surface area contributed by atoms with E-state index >= 15 is 0 Å². The topological polar surface area (TPSA) is 82.1 Å². The van der Waals surface area contributed by atoms with E-state index in [2.05, 4.69) is 5.32 Å². The number of halogens is 1. The molecule has 2 amide bonds. The fourth-order valence-corrected chi connectivity index (χ4v) is 3.48. The summed E-state index contributed by atoms with van der Waals surface area (Å²) in [6, 6.07) is 4.35.